The third-order valence-corrected chi connectivity index (χ3v) is 4.44. The lowest BCUT2D eigenvalue weighted by atomic mass is 10.1. The Kier molecular flexibility index (Phi) is 7.11. The molecule has 0 bridgehead atoms. The molecule has 0 atom stereocenters. The van der Waals surface area contributed by atoms with E-state index in [1.165, 1.54) is 6.92 Å². The Labute approximate surface area is 180 Å². The van der Waals surface area contributed by atoms with Crippen molar-refractivity contribution in [2.75, 3.05) is 24.9 Å². The lowest BCUT2D eigenvalue weighted by molar-refractivity contribution is -0.114. The maximum absolute atomic E-state index is 12.8. The van der Waals surface area contributed by atoms with E-state index in [2.05, 4.69) is 10.6 Å². The van der Waals surface area contributed by atoms with Crippen molar-refractivity contribution in [3.63, 3.8) is 0 Å². The smallest absolute Gasteiger partial charge is 0.255 e. The fourth-order valence-electron chi connectivity index (χ4n) is 3.01. The second-order valence-corrected chi connectivity index (χ2v) is 6.68. The molecule has 31 heavy (non-hydrogen) atoms. The van der Waals surface area contributed by atoms with E-state index < -0.39 is 0 Å². The molecular weight excluding hydrogens is 396 g/mol. The first-order chi connectivity index (χ1) is 15.0. The molecule has 0 spiro atoms. The van der Waals surface area contributed by atoms with Gasteiger partial charge in [0.15, 0.2) is 11.5 Å². The highest BCUT2D eigenvalue weighted by molar-refractivity contribution is 6.05. The van der Waals surface area contributed by atoms with Gasteiger partial charge in [-0.2, -0.15) is 0 Å². The summed E-state index contributed by atoms with van der Waals surface area (Å²) >= 11 is 0. The Balaban J connectivity index is 1.76. The number of ether oxygens (including phenoxy) is 3. The fourth-order valence-corrected chi connectivity index (χ4v) is 3.01. The first-order valence-corrected chi connectivity index (χ1v) is 9.62. The number of hydrogen-bond donors (Lipinski definition) is 2. The van der Waals surface area contributed by atoms with Gasteiger partial charge in [-0.1, -0.05) is 18.2 Å². The van der Waals surface area contributed by atoms with E-state index in [9.17, 15) is 9.59 Å². The molecule has 0 unspecified atom stereocenters. The molecule has 0 aliphatic carbocycles. The van der Waals surface area contributed by atoms with Crippen molar-refractivity contribution < 1.29 is 23.8 Å². The Hall–Kier alpha value is -4.00. The van der Waals surface area contributed by atoms with Crippen LogP contribution in [0.25, 0.3) is 0 Å². The van der Waals surface area contributed by atoms with Crippen molar-refractivity contribution in [3.8, 4) is 17.2 Å². The van der Waals surface area contributed by atoms with Gasteiger partial charge >= 0.3 is 0 Å². The summed E-state index contributed by atoms with van der Waals surface area (Å²) in [4.78, 5) is 24.0. The van der Waals surface area contributed by atoms with Crippen LogP contribution in [0.15, 0.2) is 66.7 Å². The standard InChI is InChI=1S/C24H24N2O5/c1-16(27)25-19-7-6-8-20(14-19)26-24(28)17-11-12-21(29-2)18(13-17)15-31-23-10-5-4-9-22(23)30-3/h4-14H,15H2,1-3H3,(H,25,27)(H,26,28). The van der Waals surface area contributed by atoms with Crippen LogP contribution < -0.4 is 24.8 Å². The summed E-state index contributed by atoms with van der Waals surface area (Å²) < 4.78 is 16.6. The number of carbonyl (C=O) groups excluding carboxylic acids is 2. The van der Waals surface area contributed by atoms with Gasteiger partial charge in [-0.05, 0) is 48.5 Å². The van der Waals surface area contributed by atoms with E-state index in [-0.39, 0.29) is 18.4 Å². The van der Waals surface area contributed by atoms with Crippen molar-refractivity contribution in [2.24, 2.45) is 0 Å². The minimum Gasteiger partial charge on any atom is -0.496 e. The molecule has 0 aliphatic heterocycles. The molecule has 0 saturated heterocycles. The summed E-state index contributed by atoms with van der Waals surface area (Å²) in [5.74, 6) is 1.35. The highest BCUT2D eigenvalue weighted by Crippen LogP contribution is 2.29. The molecule has 7 heteroatoms. The van der Waals surface area contributed by atoms with Crippen molar-refractivity contribution in [3.05, 3.63) is 77.9 Å². The number of carbonyl (C=O) groups is 2. The van der Waals surface area contributed by atoms with Gasteiger partial charge in [-0.15, -0.1) is 0 Å². The van der Waals surface area contributed by atoms with Gasteiger partial charge in [0.05, 0.1) is 14.2 Å². The van der Waals surface area contributed by atoms with Crippen LogP contribution in [0.5, 0.6) is 17.2 Å². The molecule has 2 N–H and O–H groups in total. The number of amides is 2. The lowest BCUT2D eigenvalue weighted by Crippen LogP contribution is -2.13. The molecule has 7 nitrogen and oxygen atoms in total. The zero-order valence-electron chi connectivity index (χ0n) is 17.6. The number of rotatable bonds is 8. The summed E-state index contributed by atoms with van der Waals surface area (Å²) in [5.41, 5.74) is 2.34. The zero-order valence-corrected chi connectivity index (χ0v) is 17.6. The van der Waals surface area contributed by atoms with Crippen molar-refractivity contribution in [1.82, 2.24) is 0 Å². The van der Waals surface area contributed by atoms with Crippen molar-refractivity contribution in [1.29, 1.82) is 0 Å². The highest BCUT2D eigenvalue weighted by Gasteiger charge is 2.13. The van der Waals surface area contributed by atoms with Gasteiger partial charge in [-0.25, -0.2) is 0 Å². The van der Waals surface area contributed by atoms with E-state index in [1.54, 1.807) is 56.7 Å². The molecule has 0 aliphatic rings. The van der Waals surface area contributed by atoms with Crippen molar-refractivity contribution in [2.45, 2.75) is 13.5 Å². The largest absolute Gasteiger partial charge is 0.496 e. The predicted octanol–water partition coefficient (Wildman–Crippen LogP) is 4.49. The first kappa shape index (κ1) is 21.7. The number of hydrogen-bond acceptors (Lipinski definition) is 5. The molecule has 3 aromatic rings. The van der Waals surface area contributed by atoms with Crippen LogP contribution >= 0.6 is 0 Å². The molecule has 0 aromatic heterocycles. The molecule has 0 heterocycles. The van der Waals surface area contributed by atoms with E-state index in [0.29, 0.717) is 39.8 Å². The SMILES string of the molecule is COc1ccc(C(=O)Nc2cccc(NC(C)=O)c2)cc1COc1ccccc1OC. The van der Waals surface area contributed by atoms with Gasteiger partial charge in [0.2, 0.25) is 5.91 Å². The Bertz CT molecular complexity index is 1080. The maximum Gasteiger partial charge on any atom is 0.255 e. The predicted molar refractivity (Wildman–Crippen MR) is 119 cm³/mol. The molecular formula is C24H24N2O5. The van der Waals surface area contributed by atoms with Crippen LogP contribution in [0, 0.1) is 0 Å². The molecule has 160 valence electrons. The molecule has 0 radical (unpaired) electrons. The molecule has 0 fully saturated rings. The monoisotopic (exact) mass is 420 g/mol. The topological polar surface area (TPSA) is 85.9 Å². The highest BCUT2D eigenvalue weighted by atomic mass is 16.5. The van der Waals surface area contributed by atoms with E-state index in [0.717, 1.165) is 0 Å². The number of anilines is 2. The summed E-state index contributed by atoms with van der Waals surface area (Å²) in [6.45, 7) is 1.62. The van der Waals surface area contributed by atoms with Gasteiger partial charge in [0, 0.05) is 29.4 Å². The molecule has 3 aromatic carbocycles. The van der Waals surface area contributed by atoms with Gasteiger partial charge < -0.3 is 24.8 Å². The van der Waals surface area contributed by atoms with Gasteiger partial charge in [0.1, 0.15) is 12.4 Å². The Morgan fingerprint density at radius 1 is 0.774 bits per heavy atom. The first-order valence-electron chi connectivity index (χ1n) is 9.62. The average Bonchev–Trinajstić information content (AvgIpc) is 2.77. The minimum atomic E-state index is -0.291. The third-order valence-electron chi connectivity index (χ3n) is 4.44. The zero-order chi connectivity index (χ0) is 22.2. The number of para-hydroxylation sites is 2. The van der Waals surface area contributed by atoms with Gasteiger partial charge in [-0.3, -0.25) is 9.59 Å². The van der Waals surface area contributed by atoms with Crippen molar-refractivity contribution >= 4 is 23.2 Å². The summed E-state index contributed by atoms with van der Waals surface area (Å²) in [6.07, 6.45) is 0. The van der Waals surface area contributed by atoms with Crippen LogP contribution in [0.3, 0.4) is 0 Å². The third kappa shape index (κ3) is 5.76. The molecule has 2 amide bonds. The minimum absolute atomic E-state index is 0.182. The van der Waals surface area contributed by atoms with E-state index in [1.807, 2.05) is 24.3 Å². The average molecular weight is 420 g/mol. The normalized spacial score (nSPS) is 10.2. The van der Waals surface area contributed by atoms with Crippen LogP contribution in [-0.2, 0) is 11.4 Å². The summed E-state index contributed by atoms with van der Waals surface area (Å²) in [6, 6.07) is 19.4. The molecule has 0 saturated carbocycles. The van der Waals surface area contributed by atoms with Crippen LogP contribution in [-0.4, -0.2) is 26.0 Å². The fraction of sp³-hybridized carbons (Fsp3) is 0.167. The Morgan fingerprint density at radius 3 is 2.13 bits per heavy atom. The summed E-state index contributed by atoms with van der Waals surface area (Å²) in [5, 5.41) is 5.53. The quantitative estimate of drug-likeness (QED) is 0.561. The number of methoxy groups -OCH3 is 2. The van der Waals surface area contributed by atoms with Crippen LogP contribution in [0.1, 0.15) is 22.8 Å². The second kappa shape index (κ2) is 10.2. The van der Waals surface area contributed by atoms with Crippen LogP contribution in [0.2, 0.25) is 0 Å². The number of nitrogens with one attached hydrogen (secondary N) is 2. The van der Waals surface area contributed by atoms with Gasteiger partial charge in [0.25, 0.3) is 5.91 Å². The van der Waals surface area contributed by atoms with E-state index in [4.69, 9.17) is 14.2 Å². The number of benzene rings is 3. The lowest BCUT2D eigenvalue weighted by Gasteiger charge is -2.14. The second-order valence-electron chi connectivity index (χ2n) is 6.68. The maximum atomic E-state index is 12.8. The summed E-state index contributed by atoms with van der Waals surface area (Å²) in [7, 11) is 3.14. The molecule has 3 rings (SSSR count). The Morgan fingerprint density at radius 2 is 1.45 bits per heavy atom. The van der Waals surface area contributed by atoms with E-state index >= 15 is 0 Å². The van der Waals surface area contributed by atoms with Crippen LogP contribution in [0.4, 0.5) is 11.4 Å².